The van der Waals surface area contributed by atoms with Gasteiger partial charge in [-0.25, -0.2) is 9.98 Å². The minimum absolute atomic E-state index is 0.0196. The Morgan fingerprint density at radius 3 is 2.60 bits per heavy atom. The van der Waals surface area contributed by atoms with Crippen molar-refractivity contribution in [2.45, 2.75) is 13.1 Å². The number of hydrogen-bond donors (Lipinski definition) is 3. The largest absolute Gasteiger partial charge is 0.419 e. The highest BCUT2D eigenvalue weighted by Gasteiger charge is 2.33. The van der Waals surface area contributed by atoms with Crippen LogP contribution in [0.1, 0.15) is 12.5 Å². The first-order valence-electron chi connectivity index (χ1n) is 7.74. The van der Waals surface area contributed by atoms with Crippen LogP contribution in [-0.2, 0) is 11.0 Å². The van der Waals surface area contributed by atoms with Crippen molar-refractivity contribution in [3.05, 3.63) is 23.9 Å². The molecule has 0 aliphatic carbocycles. The monoisotopic (exact) mass is 360 g/mol. The van der Waals surface area contributed by atoms with E-state index in [4.69, 9.17) is 0 Å². The summed E-state index contributed by atoms with van der Waals surface area (Å²) in [4.78, 5) is 20.8. The molecule has 3 N–H and O–H groups in total. The summed E-state index contributed by atoms with van der Waals surface area (Å²) in [6.07, 6.45) is -3.17. The lowest BCUT2D eigenvalue weighted by molar-refractivity contribution is -0.137. The standard InChI is InChI=1S/C15H23F3N6O/c1-4-19-14(23-10-12(25)24(2)3)22-9-8-21-13-11(15(16,17)18)6-5-7-20-13/h5-7H,4,8-10H2,1-3H3,(H,20,21)(H2,19,22,23). The average molecular weight is 360 g/mol. The van der Waals surface area contributed by atoms with Gasteiger partial charge in [0.25, 0.3) is 0 Å². The van der Waals surface area contributed by atoms with Gasteiger partial charge in [-0.1, -0.05) is 0 Å². The lowest BCUT2D eigenvalue weighted by Crippen LogP contribution is -2.40. The van der Waals surface area contributed by atoms with Crippen molar-refractivity contribution in [3.8, 4) is 0 Å². The molecular formula is C15H23F3N6O. The van der Waals surface area contributed by atoms with Crippen molar-refractivity contribution in [3.63, 3.8) is 0 Å². The second-order valence-electron chi connectivity index (χ2n) is 5.23. The van der Waals surface area contributed by atoms with Crippen molar-refractivity contribution < 1.29 is 18.0 Å². The molecule has 1 heterocycles. The van der Waals surface area contributed by atoms with Gasteiger partial charge in [0.1, 0.15) is 12.4 Å². The number of guanidine groups is 1. The first kappa shape index (κ1) is 20.5. The topological polar surface area (TPSA) is 81.7 Å². The minimum Gasteiger partial charge on any atom is -0.368 e. The summed E-state index contributed by atoms with van der Waals surface area (Å²) in [5.41, 5.74) is -0.813. The van der Waals surface area contributed by atoms with Crippen LogP contribution in [0.25, 0.3) is 0 Å². The Hall–Kier alpha value is -2.52. The van der Waals surface area contributed by atoms with E-state index in [1.54, 1.807) is 14.1 Å². The summed E-state index contributed by atoms with van der Waals surface area (Å²) >= 11 is 0. The Kier molecular flexibility index (Phi) is 7.96. The number of halogens is 3. The molecule has 1 rings (SSSR count). The van der Waals surface area contributed by atoms with Gasteiger partial charge in [0.2, 0.25) is 5.91 Å². The zero-order valence-corrected chi connectivity index (χ0v) is 14.4. The summed E-state index contributed by atoms with van der Waals surface area (Å²) in [7, 11) is 3.26. The molecule has 0 bridgehead atoms. The number of anilines is 1. The highest BCUT2D eigenvalue weighted by atomic mass is 19.4. The number of alkyl halides is 3. The third kappa shape index (κ3) is 7.27. The quantitative estimate of drug-likeness (QED) is 0.386. The fourth-order valence-corrected chi connectivity index (χ4v) is 1.77. The number of carbonyl (C=O) groups is 1. The summed E-state index contributed by atoms with van der Waals surface area (Å²) in [5.74, 6) is 0.0386. The van der Waals surface area contributed by atoms with E-state index in [0.29, 0.717) is 19.0 Å². The van der Waals surface area contributed by atoms with Gasteiger partial charge in [0, 0.05) is 39.9 Å². The SMILES string of the molecule is CCNC(=NCC(=O)N(C)C)NCCNc1ncccc1C(F)(F)F. The van der Waals surface area contributed by atoms with Gasteiger partial charge < -0.3 is 20.9 Å². The predicted octanol–water partition coefficient (Wildman–Crippen LogP) is 1.16. The highest BCUT2D eigenvalue weighted by Crippen LogP contribution is 2.33. The summed E-state index contributed by atoms with van der Waals surface area (Å²) < 4.78 is 38.6. The minimum atomic E-state index is -4.47. The van der Waals surface area contributed by atoms with Gasteiger partial charge in [-0.15, -0.1) is 0 Å². The van der Waals surface area contributed by atoms with Crippen LogP contribution in [0.4, 0.5) is 19.0 Å². The Labute approximate surface area is 144 Å². The predicted molar refractivity (Wildman–Crippen MR) is 90.4 cm³/mol. The van der Waals surface area contributed by atoms with E-state index >= 15 is 0 Å². The zero-order chi connectivity index (χ0) is 18.9. The number of hydrogen-bond acceptors (Lipinski definition) is 4. The lowest BCUT2D eigenvalue weighted by Gasteiger charge is -2.15. The van der Waals surface area contributed by atoms with E-state index in [0.717, 1.165) is 6.07 Å². The van der Waals surface area contributed by atoms with Crippen LogP contribution in [0.2, 0.25) is 0 Å². The molecule has 0 unspecified atom stereocenters. The maximum atomic E-state index is 12.9. The van der Waals surface area contributed by atoms with Gasteiger partial charge >= 0.3 is 6.18 Å². The average Bonchev–Trinajstić information content (AvgIpc) is 2.55. The molecule has 0 radical (unpaired) electrons. The van der Waals surface area contributed by atoms with Crippen molar-refractivity contribution in [1.82, 2.24) is 20.5 Å². The van der Waals surface area contributed by atoms with Gasteiger partial charge in [-0.3, -0.25) is 4.79 Å². The Bertz CT molecular complexity index is 589. The highest BCUT2D eigenvalue weighted by molar-refractivity contribution is 5.84. The number of amides is 1. The number of nitrogens with one attached hydrogen (secondary N) is 3. The zero-order valence-electron chi connectivity index (χ0n) is 14.4. The Morgan fingerprint density at radius 1 is 1.28 bits per heavy atom. The van der Waals surface area contributed by atoms with Crippen LogP contribution >= 0.6 is 0 Å². The van der Waals surface area contributed by atoms with Gasteiger partial charge in [0.15, 0.2) is 5.96 Å². The number of aliphatic imine (C=N–C) groups is 1. The number of aromatic nitrogens is 1. The van der Waals surface area contributed by atoms with Gasteiger partial charge in [-0.2, -0.15) is 13.2 Å². The molecule has 0 fully saturated rings. The second-order valence-corrected chi connectivity index (χ2v) is 5.23. The van der Waals surface area contributed by atoms with Crippen LogP contribution < -0.4 is 16.0 Å². The third-order valence-electron chi connectivity index (χ3n) is 3.04. The van der Waals surface area contributed by atoms with E-state index in [-0.39, 0.29) is 24.8 Å². The first-order chi connectivity index (χ1) is 11.8. The lowest BCUT2D eigenvalue weighted by atomic mass is 10.2. The van der Waals surface area contributed by atoms with Gasteiger partial charge in [-0.05, 0) is 19.1 Å². The van der Waals surface area contributed by atoms with E-state index in [1.807, 2.05) is 6.92 Å². The van der Waals surface area contributed by atoms with Crippen LogP contribution in [-0.4, -0.2) is 62.0 Å². The molecule has 0 saturated carbocycles. The second kappa shape index (κ2) is 9.70. The summed E-state index contributed by atoms with van der Waals surface area (Å²) in [5, 5.41) is 8.54. The molecule has 1 amide bonds. The van der Waals surface area contributed by atoms with Crippen LogP contribution in [0.5, 0.6) is 0 Å². The molecule has 0 aliphatic heterocycles. The number of rotatable bonds is 7. The third-order valence-corrected chi connectivity index (χ3v) is 3.04. The Morgan fingerprint density at radius 2 is 2.00 bits per heavy atom. The maximum absolute atomic E-state index is 12.9. The van der Waals surface area contributed by atoms with Crippen LogP contribution in [0.3, 0.4) is 0 Å². The van der Waals surface area contributed by atoms with Crippen molar-refractivity contribution in [2.24, 2.45) is 4.99 Å². The van der Waals surface area contributed by atoms with Crippen molar-refractivity contribution in [2.75, 3.05) is 45.6 Å². The molecule has 25 heavy (non-hydrogen) atoms. The van der Waals surface area contributed by atoms with E-state index in [1.165, 1.54) is 17.2 Å². The molecule has 10 heteroatoms. The molecule has 0 spiro atoms. The molecule has 7 nitrogen and oxygen atoms in total. The fraction of sp³-hybridized carbons (Fsp3) is 0.533. The van der Waals surface area contributed by atoms with Crippen LogP contribution in [0, 0.1) is 0 Å². The molecule has 0 saturated heterocycles. The molecular weight excluding hydrogens is 337 g/mol. The molecule has 1 aromatic rings. The summed E-state index contributed by atoms with van der Waals surface area (Å²) in [6.45, 7) is 2.94. The molecule has 1 aromatic heterocycles. The van der Waals surface area contributed by atoms with Crippen LogP contribution in [0.15, 0.2) is 23.3 Å². The van der Waals surface area contributed by atoms with Crippen molar-refractivity contribution in [1.29, 1.82) is 0 Å². The fourth-order valence-electron chi connectivity index (χ4n) is 1.77. The number of pyridine rings is 1. The summed E-state index contributed by atoms with van der Waals surface area (Å²) in [6, 6.07) is 2.21. The first-order valence-corrected chi connectivity index (χ1v) is 7.74. The van der Waals surface area contributed by atoms with E-state index in [9.17, 15) is 18.0 Å². The van der Waals surface area contributed by atoms with E-state index < -0.39 is 11.7 Å². The normalized spacial score (nSPS) is 11.8. The molecule has 0 atom stereocenters. The number of nitrogens with zero attached hydrogens (tertiary/aromatic N) is 3. The molecule has 0 aliphatic rings. The number of likely N-dealkylation sites (N-methyl/N-ethyl adjacent to an activating group) is 1. The molecule has 140 valence electrons. The number of carbonyl (C=O) groups excluding carboxylic acids is 1. The van der Waals surface area contributed by atoms with Crippen molar-refractivity contribution >= 4 is 17.7 Å². The van der Waals surface area contributed by atoms with E-state index in [2.05, 4.69) is 25.9 Å². The smallest absolute Gasteiger partial charge is 0.368 e. The maximum Gasteiger partial charge on any atom is 0.419 e. The Balaban J connectivity index is 2.55. The van der Waals surface area contributed by atoms with Gasteiger partial charge in [0.05, 0.1) is 5.56 Å². The molecule has 0 aromatic carbocycles.